The van der Waals surface area contributed by atoms with E-state index in [0.717, 1.165) is 17.1 Å². The molecule has 0 bridgehead atoms. The Hall–Kier alpha value is -2.02. The van der Waals surface area contributed by atoms with Crippen molar-refractivity contribution in [3.8, 4) is 0 Å². The normalized spacial score (nSPS) is 12.2. The lowest BCUT2D eigenvalue weighted by Gasteiger charge is -2.12. The fraction of sp³-hybridized carbons (Fsp3) is 0.385. The number of nitrogens with one attached hydrogen (secondary N) is 1. The van der Waals surface area contributed by atoms with Gasteiger partial charge in [-0.05, 0) is 26.3 Å². The van der Waals surface area contributed by atoms with Gasteiger partial charge in [-0.2, -0.15) is 0 Å². The first-order chi connectivity index (χ1) is 9.52. The molecule has 0 aliphatic heterocycles. The van der Waals surface area contributed by atoms with Gasteiger partial charge in [-0.25, -0.2) is 9.97 Å². The number of hydrogen-bond acceptors (Lipinski definition) is 6. The first-order valence-electron chi connectivity index (χ1n) is 6.33. The number of nitrogens with zero attached hydrogens (tertiary/aromatic N) is 3. The Balaban J connectivity index is 2.25. The third-order valence-electron chi connectivity index (χ3n) is 2.96. The number of aromatic nitrogens is 2. The second-order valence-corrected chi connectivity index (χ2v) is 5.37. The van der Waals surface area contributed by atoms with Gasteiger partial charge in [0.25, 0.3) is 0 Å². The Morgan fingerprint density at radius 2 is 2.30 bits per heavy atom. The molecule has 7 heteroatoms. The van der Waals surface area contributed by atoms with E-state index in [9.17, 15) is 10.1 Å². The van der Waals surface area contributed by atoms with Crippen LogP contribution in [0.25, 0.3) is 0 Å². The summed E-state index contributed by atoms with van der Waals surface area (Å²) < 4.78 is 0. The van der Waals surface area contributed by atoms with Crippen LogP contribution in [0.4, 0.5) is 11.5 Å². The van der Waals surface area contributed by atoms with Gasteiger partial charge >= 0.3 is 5.69 Å². The third-order valence-corrected chi connectivity index (χ3v) is 4.04. The Morgan fingerprint density at radius 3 is 2.90 bits per heavy atom. The quantitative estimate of drug-likeness (QED) is 0.674. The first kappa shape index (κ1) is 14.4. The van der Waals surface area contributed by atoms with Crippen LogP contribution in [0.2, 0.25) is 0 Å². The van der Waals surface area contributed by atoms with E-state index in [1.165, 1.54) is 0 Å². The molecule has 0 fully saturated rings. The fourth-order valence-corrected chi connectivity index (χ4v) is 2.75. The molecular weight excluding hydrogens is 276 g/mol. The number of thiazole rings is 1. The molecule has 0 aromatic carbocycles. The van der Waals surface area contributed by atoms with Crippen LogP contribution < -0.4 is 5.32 Å². The smallest absolute Gasteiger partial charge is 0.314 e. The summed E-state index contributed by atoms with van der Waals surface area (Å²) >= 11 is 1.55. The van der Waals surface area contributed by atoms with Crippen molar-refractivity contribution in [1.29, 1.82) is 0 Å². The van der Waals surface area contributed by atoms with Crippen LogP contribution in [0, 0.1) is 17.0 Å². The maximum atomic E-state index is 11.1. The predicted molar refractivity (Wildman–Crippen MR) is 79.2 cm³/mol. The van der Waals surface area contributed by atoms with E-state index in [1.807, 2.05) is 19.2 Å². The topological polar surface area (TPSA) is 81.0 Å². The van der Waals surface area contributed by atoms with Crippen molar-refractivity contribution in [2.75, 3.05) is 5.32 Å². The van der Waals surface area contributed by atoms with Gasteiger partial charge in [-0.1, -0.05) is 6.92 Å². The number of anilines is 1. The van der Waals surface area contributed by atoms with Gasteiger partial charge in [0.15, 0.2) is 0 Å². The molecule has 2 heterocycles. The van der Waals surface area contributed by atoms with Gasteiger partial charge in [-0.15, -0.1) is 11.3 Å². The summed E-state index contributed by atoms with van der Waals surface area (Å²) in [5.41, 5.74) is 1.64. The van der Waals surface area contributed by atoms with Gasteiger partial charge in [0, 0.05) is 17.1 Å². The van der Waals surface area contributed by atoms with Crippen LogP contribution in [-0.2, 0) is 6.42 Å². The molecule has 1 atom stereocenters. The summed E-state index contributed by atoms with van der Waals surface area (Å²) in [6, 6.07) is 1.51. The summed E-state index contributed by atoms with van der Waals surface area (Å²) in [6.45, 7) is 5.67. The monoisotopic (exact) mass is 292 g/mol. The number of aryl methyl sites for hydroxylation is 2. The molecule has 0 radical (unpaired) electrons. The highest BCUT2D eigenvalue weighted by molar-refractivity contribution is 7.09. The lowest BCUT2D eigenvalue weighted by atomic mass is 10.2. The van der Waals surface area contributed by atoms with Crippen molar-refractivity contribution in [2.24, 2.45) is 0 Å². The Morgan fingerprint density at radius 1 is 1.55 bits per heavy atom. The molecule has 2 rings (SSSR count). The summed E-state index contributed by atoms with van der Waals surface area (Å²) in [4.78, 5) is 19.3. The van der Waals surface area contributed by atoms with Gasteiger partial charge in [0.05, 0.1) is 16.7 Å². The highest BCUT2D eigenvalue weighted by Crippen LogP contribution is 2.29. The van der Waals surface area contributed by atoms with Crippen LogP contribution in [0.15, 0.2) is 17.6 Å². The van der Waals surface area contributed by atoms with E-state index in [-0.39, 0.29) is 17.5 Å². The third kappa shape index (κ3) is 2.93. The van der Waals surface area contributed by atoms with Gasteiger partial charge < -0.3 is 5.32 Å². The zero-order chi connectivity index (χ0) is 14.7. The van der Waals surface area contributed by atoms with Crippen molar-refractivity contribution in [3.05, 3.63) is 44.0 Å². The summed E-state index contributed by atoms with van der Waals surface area (Å²) in [7, 11) is 0. The average Bonchev–Trinajstić information content (AvgIpc) is 2.87. The van der Waals surface area contributed by atoms with Gasteiger partial charge in [0.1, 0.15) is 5.01 Å². The highest BCUT2D eigenvalue weighted by Gasteiger charge is 2.21. The number of nitro groups is 1. The van der Waals surface area contributed by atoms with Crippen molar-refractivity contribution in [3.63, 3.8) is 0 Å². The number of hydrogen-bond donors (Lipinski definition) is 1. The molecule has 20 heavy (non-hydrogen) atoms. The molecule has 106 valence electrons. The maximum Gasteiger partial charge on any atom is 0.314 e. The Labute approximate surface area is 121 Å². The maximum absolute atomic E-state index is 11.1. The van der Waals surface area contributed by atoms with Crippen LogP contribution in [0.1, 0.15) is 36.2 Å². The standard InChI is InChI=1S/C13H16N4O2S/c1-4-10-7-20-13(16-10)9(3)15-12-11(17(18)19)8(2)5-6-14-12/h5-7,9H,4H2,1-3H3,(H,14,15). The van der Waals surface area contributed by atoms with E-state index in [4.69, 9.17) is 0 Å². The van der Waals surface area contributed by atoms with Crippen molar-refractivity contribution < 1.29 is 4.92 Å². The molecule has 1 N–H and O–H groups in total. The average molecular weight is 292 g/mol. The van der Waals surface area contributed by atoms with Crippen LogP contribution in [0.3, 0.4) is 0 Å². The molecule has 0 spiro atoms. The molecule has 1 unspecified atom stereocenters. The van der Waals surface area contributed by atoms with Crippen molar-refractivity contribution in [1.82, 2.24) is 9.97 Å². The van der Waals surface area contributed by atoms with Gasteiger partial charge in [-0.3, -0.25) is 10.1 Å². The summed E-state index contributed by atoms with van der Waals surface area (Å²) in [5, 5.41) is 17.1. The van der Waals surface area contributed by atoms with E-state index in [1.54, 1.807) is 30.5 Å². The summed E-state index contributed by atoms with van der Waals surface area (Å²) in [5.74, 6) is 0.288. The van der Waals surface area contributed by atoms with E-state index < -0.39 is 4.92 Å². The molecule has 2 aromatic rings. The van der Waals surface area contributed by atoms with Crippen molar-refractivity contribution in [2.45, 2.75) is 33.2 Å². The SMILES string of the molecule is CCc1csc(C(C)Nc2nccc(C)c2[N+](=O)[O-])n1. The minimum atomic E-state index is -0.406. The van der Waals surface area contributed by atoms with E-state index >= 15 is 0 Å². The molecule has 0 aliphatic rings. The lowest BCUT2D eigenvalue weighted by molar-refractivity contribution is -0.384. The molecule has 6 nitrogen and oxygen atoms in total. The van der Waals surface area contributed by atoms with E-state index in [0.29, 0.717) is 5.56 Å². The molecule has 0 amide bonds. The molecule has 2 aromatic heterocycles. The Kier molecular flexibility index (Phi) is 4.29. The predicted octanol–water partition coefficient (Wildman–Crippen LogP) is 3.49. The van der Waals surface area contributed by atoms with Crippen LogP contribution in [0.5, 0.6) is 0 Å². The van der Waals surface area contributed by atoms with Crippen LogP contribution in [-0.4, -0.2) is 14.9 Å². The highest BCUT2D eigenvalue weighted by atomic mass is 32.1. The zero-order valence-corrected chi connectivity index (χ0v) is 12.4. The number of rotatable bonds is 5. The van der Waals surface area contributed by atoms with Gasteiger partial charge in [0.2, 0.25) is 5.82 Å². The number of pyridine rings is 1. The second kappa shape index (κ2) is 5.96. The van der Waals surface area contributed by atoms with Crippen LogP contribution >= 0.6 is 11.3 Å². The summed E-state index contributed by atoms with van der Waals surface area (Å²) in [6.07, 6.45) is 2.45. The molecule has 0 saturated carbocycles. The largest absolute Gasteiger partial charge is 0.355 e. The fourth-order valence-electron chi connectivity index (χ4n) is 1.84. The molecule has 0 aliphatic carbocycles. The lowest BCUT2D eigenvalue weighted by Crippen LogP contribution is -2.10. The van der Waals surface area contributed by atoms with E-state index in [2.05, 4.69) is 15.3 Å². The molecule has 0 saturated heterocycles. The first-order valence-corrected chi connectivity index (χ1v) is 7.21. The molecular formula is C13H16N4O2S. The van der Waals surface area contributed by atoms with Crippen molar-refractivity contribution >= 4 is 22.8 Å². The Bertz CT molecular complexity index is 627. The minimum Gasteiger partial charge on any atom is -0.355 e. The minimum absolute atomic E-state index is 0.0200. The second-order valence-electron chi connectivity index (χ2n) is 4.48. The zero-order valence-electron chi connectivity index (χ0n) is 11.6.